The molecule has 25 heavy (non-hydrogen) atoms. The monoisotopic (exact) mass is 339 g/mol. The summed E-state index contributed by atoms with van der Waals surface area (Å²) in [7, 11) is 0. The summed E-state index contributed by atoms with van der Waals surface area (Å²) < 4.78 is 0. The Morgan fingerprint density at radius 3 is 2.44 bits per heavy atom. The Kier molecular flexibility index (Phi) is 4.70. The number of hydrogen-bond acceptors (Lipinski definition) is 4. The number of hydrogen-bond donors (Lipinski definition) is 1. The molecule has 6 nitrogen and oxygen atoms in total. The van der Waals surface area contributed by atoms with Gasteiger partial charge in [-0.2, -0.15) is 0 Å². The third-order valence-corrected chi connectivity index (χ3v) is 4.72. The van der Waals surface area contributed by atoms with Gasteiger partial charge in [-0.3, -0.25) is 9.78 Å². The van der Waals surface area contributed by atoms with Crippen molar-refractivity contribution in [1.29, 1.82) is 0 Å². The summed E-state index contributed by atoms with van der Waals surface area (Å²) in [5, 5.41) is 9.24. The fourth-order valence-corrected chi connectivity index (χ4v) is 3.13. The zero-order valence-electron chi connectivity index (χ0n) is 14.4. The van der Waals surface area contributed by atoms with Crippen LogP contribution in [0.15, 0.2) is 36.5 Å². The van der Waals surface area contributed by atoms with Crippen LogP contribution in [-0.4, -0.2) is 53.0 Å². The van der Waals surface area contributed by atoms with Crippen molar-refractivity contribution in [3.63, 3.8) is 0 Å². The fourth-order valence-electron chi connectivity index (χ4n) is 3.13. The molecular formula is C19H21N3O3. The Labute approximate surface area is 146 Å². The van der Waals surface area contributed by atoms with Crippen molar-refractivity contribution in [3.8, 4) is 0 Å². The molecule has 1 aromatic heterocycles. The summed E-state index contributed by atoms with van der Waals surface area (Å²) >= 11 is 0. The van der Waals surface area contributed by atoms with Crippen molar-refractivity contribution in [3.05, 3.63) is 58.9 Å². The minimum atomic E-state index is -1.13. The first-order valence-electron chi connectivity index (χ1n) is 8.28. The number of amides is 1. The summed E-state index contributed by atoms with van der Waals surface area (Å²) in [4.78, 5) is 31.9. The number of anilines is 1. The predicted molar refractivity (Wildman–Crippen MR) is 95.2 cm³/mol. The standard InChI is InChI=1S/C19H21N3O3/c1-13-5-3-7-16(14(13)2)21-9-11-22(12-10-21)18(23)17-15(19(24)25)6-4-8-20-17/h3-8H,9-12H2,1-2H3,(H,24,25). The minimum absolute atomic E-state index is 0.00943. The molecule has 0 aliphatic carbocycles. The van der Waals surface area contributed by atoms with E-state index in [1.165, 1.54) is 35.1 Å². The number of rotatable bonds is 3. The molecule has 0 atom stereocenters. The van der Waals surface area contributed by atoms with Gasteiger partial charge in [-0.1, -0.05) is 12.1 Å². The van der Waals surface area contributed by atoms with E-state index in [9.17, 15) is 14.7 Å². The molecule has 0 spiro atoms. The number of aryl methyl sites for hydroxylation is 1. The van der Waals surface area contributed by atoms with E-state index in [2.05, 4.69) is 35.9 Å². The number of carbonyl (C=O) groups excluding carboxylic acids is 1. The largest absolute Gasteiger partial charge is 0.478 e. The second kappa shape index (κ2) is 6.93. The number of aromatic nitrogens is 1. The van der Waals surface area contributed by atoms with Gasteiger partial charge in [-0.15, -0.1) is 0 Å². The molecule has 1 aliphatic rings. The van der Waals surface area contributed by atoms with Crippen LogP contribution in [0, 0.1) is 13.8 Å². The molecule has 6 heteroatoms. The smallest absolute Gasteiger partial charge is 0.338 e. The van der Waals surface area contributed by atoms with Gasteiger partial charge < -0.3 is 14.9 Å². The SMILES string of the molecule is Cc1cccc(N2CCN(C(=O)c3ncccc3C(=O)O)CC2)c1C. The van der Waals surface area contributed by atoms with Crippen LogP contribution in [-0.2, 0) is 0 Å². The first kappa shape index (κ1) is 17.0. The second-order valence-corrected chi connectivity index (χ2v) is 6.20. The van der Waals surface area contributed by atoms with Crippen LogP contribution in [0.3, 0.4) is 0 Å². The number of piperazine rings is 1. The maximum absolute atomic E-state index is 12.7. The van der Waals surface area contributed by atoms with Crippen LogP contribution >= 0.6 is 0 Å². The van der Waals surface area contributed by atoms with Gasteiger partial charge in [-0.25, -0.2) is 4.79 Å². The molecule has 1 saturated heterocycles. The Balaban J connectivity index is 1.73. The molecule has 1 aromatic carbocycles. The summed E-state index contributed by atoms with van der Waals surface area (Å²) in [6.45, 7) is 6.71. The van der Waals surface area contributed by atoms with E-state index in [0.29, 0.717) is 26.2 Å². The molecule has 0 saturated carbocycles. The van der Waals surface area contributed by atoms with Crippen molar-refractivity contribution in [1.82, 2.24) is 9.88 Å². The number of aromatic carboxylic acids is 1. The Hall–Kier alpha value is -2.89. The van der Waals surface area contributed by atoms with Crippen LogP contribution in [0.2, 0.25) is 0 Å². The van der Waals surface area contributed by atoms with Gasteiger partial charge in [0.1, 0.15) is 5.69 Å². The van der Waals surface area contributed by atoms with E-state index < -0.39 is 5.97 Å². The van der Waals surface area contributed by atoms with Gasteiger partial charge in [0.25, 0.3) is 5.91 Å². The first-order valence-corrected chi connectivity index (χ1v) is 8.28. The normalized spacial score (nSPS) is 14.5. The molecule has 0 bridgehead atoms. The average Bonchev–Trinajstić information content (AvgIpc) is 2.63. The number of carboxylic acid groups (broad SMARTS) is 1. The molecule has 2 heterocycles. The number of nitrogens with zero attached hydrogens (tertiary/aromatic N) is 3. The van der Waals surface area contributed by atoms with Gasteiger partial charge in [-0.05, 0) is 43.2 Å². The summed E-state index contributed by atoms with van der Waals surface area (Å²) in [5.74, 6) is -1.45. The Morgan fingerprint density at radius 1 is 1.04 bits per heavy atom. The molecular weight excluding hydrogens is 318 g/mol. The topological polar surface area (TPSA) is 73.7 Å². The van der Waals surface area contributed by atoms with Crippen molar-refractivity contribution in [2.24, 2.45) is 0 Å². The van der Waals surface area contributed by atoms with Gasteiger partial charge in [0.15, 0.2) is 0 Å². The van der Waals surface area contributed by atoms with Crippen molar-refractivity contribution < 1.29 is 14.7 Å². The molecule has 0 radical (unpaired) electrons. The third kappa shape index (κ3) is 3.33. The van der Waals surface area contributed by atoms with Crippen molar-refractivity contribution in [2.75, 3.05) is 31.1 Å². The molecule has 2 aromatic rings. The highest BCUT2D eigenvalue weighted by atomic mass is 16.4. The molecule has 3 rings (SSSR count). The summed E-state index contributed by atoms with van der Waals surface area (Å²) in [5.41, 5.74) is 3.64. The number of benzene rings is 1. The average molecular weight is 339 g/mol. The third-order valence-electron chi connectivity index (χ3n) is 4.72. The lowest BCUT2D eigenvalue weighted by molar-refractivity contribution is 0.0669. The Morgan fingerprint density at radius 2 is 1.76 bits per heavy atom. The number of carboxylic acids is 1. The maximum Gasteiger partial charge on any atom is 0.338 e. The van der Waals surface area contributed by atoms with Crippen molar-refractivity contribution in [2.45, 2.75) is 13.8 Å². The van der Waals surface area contributed by atoms with E-state index in [0.717, 1.165) is 0 Å². The van der Waals surface area contributed by atoms with E-state index in [-0.39, 0.29) is 17.2 Å². The first-order chi connectivity index (χ1) is 12.0. The lowest BCUT2D eigenvalue weighted by Gasteiger charge is -2.37. The van der Waals surface area contributed by atoms with Gasteiger partial charge in [0, 0.05) is 38.1 Å². The van der Waals surface area contributed by atoms with Crippen LogP contribution in [0.25, 0.3) is 0 Å². The fraction of sp³-hybridized carbons (Fsp3) is 0.316. The summed E-state index contributed by atoms with van der Waals surface area (Å²) in [6, 6.07) is 9.17. The van der Waals surface area contributed by atoms with Crippen LogP contribution in [0.1, 0.15) is 32.0 Å². The molecule has 1 aliphatic heterocycles. The molecule has 130 valence electrons. The quantitative estimate of drug-likeness (QED) is 0.929. The van der Waals surface area contributed by atoms with Crippen LogP contribution in [0.4, 0.5) is 5.69 Å². The zero-order chi connectivity index (χ0) is 18.0. The predicted octanol–water partition coefficient (Wildman–Crippen LogP) is 2.36. The van der Waals surface area contributed by atoms with Crippen LogP contribution < -0.4 is 4.90 Å². The van der Waals surface area contributed by atoms with Gasteiger partial charge in [0.05, 0.1) is 5.56 Å². The highest BCUT2D eigenvalue weighted by Gasteiger charge is 2.27. The minimum Gasteiger partial charge on any atom is -0.478 e. The number of pyridine rings is 1. The van der Waals surface area contributed by atoms with E-state index in [1.807, 2.05) is 6.07 Å². The maximum atomic E-state index is 12.7. The van der Waals surface area contributed by atoms with E-state index in [1.54, 1.807) is 4.90 Å². The zero-order valence-corrected chi connectivity index (χ0v) is 14.4. The lowest BCUT2D eigenvalue weighted by Crippen LogP contribution is -2.49. The highest BCUT2D eigenvalue weighted by Crippen LogP contribution is 2.24. The lowest BCUT2D eigenvalue weighted by atomic mass is 10.1. The number of carbonyl (C=O) groups is 2. The second-order valence-electron chi connectivity index (χ2n) is 6.20. The molecule has 1 amide bonds. The van der Waals surface area contributed by atoms with E-state index in [4.69, 9.17) is 0 Å². The highest BCUT2D eigenvalue weighted by molar-refractivity contribution is 6.03. The van der Waals surface area contributed by atoms with Gasteiger partial charge in [0.2, 0.25) is 0 Å². The molecule has 0 unspecified atom stereocenters. The van der Waals surface area contributed by atoms with Gasteiger partial charge >= 0.3 is 5.97 Å². The van der Waals surface area contributed by atoms with E-state index >= 15 is 0 Å². The Bertz CT molecular complexity index is 811. The van der Waals surface area contributed by atoms with Crippen molar-refractivity contribution >= 4 is 17.6 Å². The summed E-state index contributed by atoms with van der Waals surface area (Å²) in [6.07, 6.45) is 1.45. The molecule has 1 N–H and O–H groups in total. The molecule has 1 fully saturated rings. The van der Waals surface area contributed by atoms with Crippen LogP contribution in [0.5, 0.6) is 0 Å².